The first-order valence-corrected chi connectivity index (χ1v) is 4.91. The summed E-state index contributed by atoms with van der Waals surface area (Å²) < 4.78 is 38.0. The molecule has 1 aromatic rings. The van der Waals surface area contributed by atoms with Crippen LogP contribution >= 0.6 is 24.0 Å². The van der Waals surface area contributed by atoms with Crippen molar-refractivity contribution < 1.29 is 18.3 Å². The van der Waals surface area contributed by atoms with E-state index in [9.17, 15) is 18.3 Å². The first-order chi connectivity index (χ1) is 7.23. The van der Waals surface area contributed by atoms with Gasteiger partial charge in [-0.2, -0.15) is 13.2 Å². The SMILES string of the molecule is C[C@H](O)[C@H](N)c1ccc(Cl)cc1C(F)(F)F.Cl. The molecule has 0 aromatic heterocycles. The fraction of sp³-hybridized carbons (Fsp3) is 0.400. The zero-order valence-corrected chi connectivity index (χ0v) is 10.4. The van der Waals surface area contributed by atoms with Crippen molar-refractivity contribution in [3.8, 4) is 0 Å². The molecule has 1 aromatic carbocycles. The van der Waals surface area contributed by atoms with Gasteiger partial charge >= 0.3 is 6.18 Å². The summed E-state index contributed by atoms with van der Waals surface area (Å²) in [5.41, 5.74) is 4.42. The number of nitrogens with two attached hydrogens (primary N) is 1. The van der Waals surface area contributed by atoms with Gasteiger partial charge in [0.2, 0.25) is 0 Å². The highest BCUT2D eigenvalue weighted by Crippen LogP contribution is 2.36. The minimum atomic E-state index is -4.53. The monoisotopic (exact) mass is 289 g/mol. The first-order valence-electron chi connectivity index (χ1n) is 4.53. The molecule has 0 unspecified atom stereocenters. The van der Waals surface area contributed by atoms with Gasteiger partial charge in [0.15, 0.2) is 0 Å². The van der Waals surface area contributed by atoms with Crippen molar-refractivity contribution in [3.05, 3.63) is 34.3 Å². The van der Waals surface area contributed by atoms with Crippen LogP contribution in [0.15, 0.2) is 18.2 Å². The zero-order chi connectivity index (χ0) is 12.5. The quantitative estimate of drug-likeness (QED) is 0.878. The molecule has 0 bridgehead atoms. The Morgan fingerprint density at radius 3 is 2.29 bits per heavy atom. The summed E-state index contributed by atoms with van der Waals surface area (Å²) in [5, 5.41) is 9.19. The van der Waals surface area contributed by atoms with Crippen molar-refractivity contribution in [2.45, 2.75) is 25.2 Å². The fourth-order valence-electron chi connectivity index (χ4n) is 1.32. The molecular formula is C10H12Cl2F3NO. The van der Waals surface area contributed by atoms with E-state index in [1.807, 2.05) is 0 Å². The van der Waals surface area contributed by atoms with E-state index in [1.165, 1.54) is 19.1 Å². The highest BCUT2D eigenvalue weighted by Gasteiger charge is 2.35. The van der Waals surface area contributed by atoms with Gasteiger partial charge in [0.05, 0.1) is 17.7 Å². The molecule has 3 N–H and O–H groups in total. The van der Waals surface area contributed by atoms with Gasteiger partial charge in [0.25, 0.3) is 0 Å². The van der Waals surface area contributed by atoms with Crippen LogP contribution in [0.3, 0.4) is 0 Å². The second-order valence-corrected chi connectivity index (χ2v) is 3.93. The van der Waals surface area contributed by atoms with Crippen LogP contribution < -0.4 is 5.73 Å². The third-order valence-electron chi connectivity index (χ3n) is 2.20. The standard InChI is InChI=1S/C10H11ClF3NO.ClH/c1-5(16)9(15)7-3-2-6(11)4-8(7)10(12,13)14;/h2-5,9,16H,15H2,1H3;1H/t5-,9-;/m0./s1. The summed E-state index contributed by atoms with van der Waals surface area (Å²) in [4.78, 5) is 0. The van der Waals surface area contributed by atoms with Gasteiger partial charge in [0, 0.05) is 5.02 Å². The number of aliphatic hydroxyl groups is 1. The summed E-state index contributed by atoms with van der Waals surface area (Å²) in [6.07, 6.45) is -5.60. The second kappa shape index (κ2) is 5.91. The van der Waals surface area contributed by atoms with Crippen molar-refractivity contribution in [2.75, 3.05) is 0 Å². The average Bonchev–Trinajstić information content (AvgIpc) is 2.15. The van der Waals surface area contributed by atoms with Crippen molar-refractivity contribution >= 4 is 24.0 Å². The topological polar surface area (TPSA) is 46.2 Å². The second-order valence-electron chi connectivity index (χ2n) is 3.50. The van der Waals surface area contributed by atoms with Crippen LogP contribution in [0.2, 0.25) is 5.02 Å². The van der Waals surface area contributed by atoms with E-state index in [-0.39, 0.29) is 23.0 Å². The van der Waals surface area contributed by atoms with E-state index >= 15 is 0 Å². The van der Waals surface area contributed by atoms with E-state index in [2.05, 4.69) is 0 Å². The van der Waals surface area contributed by atoms with Crippen LogP contribution in [0.5, 0.6) is 0 Å². The maximum Gasteiger partial charge on any atom is 0.416 e. The molecule has 7 heteroatoms. The van der Waals surface area contributed by atoms with Crippen molar-refractivity contribution in [1.29, 1.82) is 0 Å². The van der Waals surface area contributed by atoms with Crippen LogP contribution in [0.4, 0.5) is 13.2 Å². The predicted octanol–water partition coefficient (Wildman–Crippen LogP) is 3.16. The highest BCUT2D eigenvalue weighted by atomic mass is 35.5. The minimum Gasteiger partial charge on any atom is -0.391 e. The third kappa shape index (κ3) is 4.03. The third-order valence-corrected chi connectivity index (χ3v) is 2.43. The van der Waals surface area contributed by atoms with Crippen LogP contribution in [0.1, 0.15) is 24.1 Å². The Kier molecular flexibility index (Phi) is 5.74. The van der Waals surface area contributed by atoms with Crippen molar-refractivity contribution in [2.24, 2.45) is 5.73 Å². The first kappa shape index (κ1) is 16.5. The zero-order valence-electron chi connectivity index (χ0n) is 8.83. The van der Waals surface area contributed by atoms with Gasteiger partial charge in [0.1, 0.15) is 0 Å². The molecule has 0 radical (unpaired) electrons. The largest absolute Gasteiger partial charge is 0.416 e. The van der Waals surface area contributed by atoms with Crippen LogP contribution in [-0.2, 0) is 6.18 Å². The molecule has 2 atom stereocenters. The predicted molar refractivity (Wildman–Crippen MR) is 62.3 cm³/mol. The summed E-state index contributed by atoms with van der Waals surface area (Å²) >= 11 is 5.50. The molecule has 1 rings (SSSR count). The fourth-order valence-corrected chi connectivity index (χ4v) is 1.50. The molecule has 17 heavy (non-hydrogen) atoms. The Bertz CT molecular complexity index is 382. The van der Waals surface area contributed by atoms with Gasteiger partial charge < -0.3 is 10.8 Å². The molecular weight excluding hydrogens is 278 g/mol. The molecule has 0 fully saturated rings. The van der Waals surface area contributed by atoms with Gasteiger partial charge in [-0.25, -0.2) is 0 Å². The normalized spacial score (nSPS) is 15.0. The Labute approximate surface area is 108 Å². The lowest BCUT2D eigenvalue weighted by molar-refractivity contribution is -0.138. The molecule has 0 aliphatic heterocycles. The molecule has 0 saturated heterocycles. The molecule has 0 amide bonds. The van der Waals surface area contributed by atoms with E-state index in [1.54, 1.807) is 0 Å². The van der Waals surface area contributed by atoms with Crippen LogP contribution in [0, 0.1) is 0 Å². The summed E-state index contributed by atoms with van der Waals surface area (Å²) in [6.45, 7) is 1.33. The van der Waals surface area contributed by atoms with Gasteiger partial charge in [-0.3, -0.25) is 0 Å². The highest BCUT2D eigenvalue weighted by molar-refractivity contribution is 6.30. The summed E-state index contributed by atoms with van der Waals surface area (Å²) in [6, 6.07) is 2.21. The van der Waals surface area contributed by atoms with E-state index in [4.69, 9.17) is 17.3 Å². The lowest BCUT2D eigenvalue weighted by atomic mass is 9.97. The lowest BCUT2D eigenvalue weighted by Crippen LogP contribution is -2.26. The molecule has 0 saturated carbocycles. The molecule has 0 aliphatic carbocycles. The number of hydrogen-bond donors (Lipinski definition) is 2. The molecule has 0 aliphatic rings. The van der Waals surface area contributed by atoms with E-state index in [0.717, 1.165) is 6.07 Å². The van der Waals surface area contributed by atoms with E-state index in [0.29, 0.717) is 0 Å². The maximum atomic E-state index is 12.7. The lowest BCUT2D eigenvalue weighted by Gasteiger charge is -2.20. The van der Waals surface area contributed by atoms with Gasteiger partial charge in [-0.15, -0.1) is 12.4 Å². The van der Waals surface area contributed by atoms with Crippen molar-refractivity contribution in [3.63, 3.8) is 0 Å². The number of halogens is 5. The van der Waals surface area contributed by atoms with E-state index < -0.39 is 23.9 Å². The molecule has 2 nitrogen and oxygen atoms in total. The number of benzene rings is 1. The number of alkyl halides is 3. The smallest absolute Gasteiger partial charge is 0.391 e. The van der Waals surface area contributed by atoms with Gasteiger partial charge in [-0.05, 0) is 24.6 Å². The van der Waals surface area contributed by atoms with Crippen LogP contribution in [0.25, 0.3) is 0 Å². The number of rotatable bonds is 2. The molecule has 0 spiro atoms. The van der Waals surface area contributed by atoms with Gasteiger partial charge in [-0.1, -0.05) is 17.7 Å². The maximum absolute atomic E-state index is 12.7. The summed E-state index contributed by atoms with van der Waals surface area (Å²) in [5.74, 6) is 0. The Balaban J connectivity index is 0.00000256. The Hall–Kier alpha value is -0.490. The molecule has 0 heterocycles. The minimum absolute atomic E-state index is 0. The Morgan fingerprint density at radius 2 is 1.88 bits per heavy atom. The molecule has 98 valence electrons. The average molecular weight is 290 g/mol. The van der Waals surface area contributed by atoms with Crippen molar-refractivity contribution in [1.82, 2.24) is 0 Å². The number of aliphatic hydroxyl groups excluding tert-OH is 1. The van der Waals surface area contributed by atoms with Crippen LogP contribution in [-0.4, -0.2) is 11.2 Å². The number of hydrogen-bond acceptors (Lipinski definition) is 2. The summed E-state index contributed by atoms with van der Waals surface area (Å²) in [7, 11) is 0. The Morgan fingerprint density at radius 1 is 1.35 bits per heavy atom.